The minimum Gasteiger partial charge on any atom is -0.382 e. The van der Waals surface area contributed by atoms with E-state index in [0.717, 1.165) is 6.42 Å². The predicted octanol–water partition coefficient (Wildman–Crippen LogP) is 2.42. The summed E-state index contributed by atoms with van der Waals surface area (Å²) < 4.78 is 10.5. The van der Waals surface area contributed by atoms with E-state index in [1.165, 1.54) is 24.1 Å². The fraction of sp³-hybridized carbons (Fsp3) is 0.538. The summed E-state index contributed by atoms with van der Waals surface area (Å²) in [5.41, 5.74) is 2.47. The van der Waals surface area contributed by atoms with Crippen molar-refractivity contribution in [1.82, 2.24) is 0 Å². The minimum atomic E-state index is -0.165. The normalized spacial score (nSPS) is 15.4. The monoisotopic (exact) mass is 221 g/mol. The summed E-state index contributed by atoms with van der Waals surface area (Å²) in [7, 11) is 3.34. The van der Waals surface area contributed by atoms with E-state index in [1.54, 1.807) is 14.2 Å². The number of methoxy groups -OCH3 is 2. The molecule has 0 saturated heterocycles. The second-order valence-corrected chi connectivity index (χ2v) is 4.18. The molecule has 1 saturated carbocycles. The number of rotatable bonds is 6. The number of hydrogen-bond donors (Lipinski definition) is 1. The molecule has 3 nitrogen and oxygen atoms in total. The first kappa shape index (κ1) is 11.4. The molecule has 0 bridgehead atoms. The molecule has 3 heteroatoms. The SMILES string of the molecule is COC(Cc1ccccc1NC1CC1)OC. The van der Waals surface area contributed by atoms with E-state index < -0.39 is 0 Å². The van der Waals surface area contributed by atoms with Crippen molar-refractivity contribution in [1.29, 1.82) is 0 Å². The van der Waals surface area contributed by atoms with Gasteiger partial charge in [-0.3, -0.25) is 0 Å². The van der Waals surface area contributed by atoms with E-state index in [2.05, 4.69) is 29.6 Å². The molecule has 1 N–H and O–H groups in total. The molecule has 16 heavy (non-hydrogen) atoms. The van der Waals surface area contributed by atoms with Gasteiger partial charge in [-0.2, -0.15) is 0 Å². The zero-order chi connectivity index (χ0) is 11.4. The highest BCUT2D eigenvalue weighted by Crippen LogP contribution is 2.27. The molecule has 1 aliphatic carbocycles. The van der Waals surface area contributed by atoms with Crippen LogP contribution >= 0.6 is 0 Å². The highest BCUT2D eigenvalue weighted by Gasteiger charge is 2.22. The van der Waals surface area contributed by atoms with Gasteiger partial charge in [-0.05, 0) is 24.5 Å². The van der Waals surface area contributed by atoms with Crippen molar-refractivity contribution >= 4 is 5.69 Å². The Morgan fingerprint density at radius 3 is 2.56 bits per heavy atom. The summed E-state index contributed by atoms with van der Waals surface area (Å²) in [6, 6.07) is 9.02. The van der Waals surface area contributed by atoms with Crippen LogP contribution in [0.1, 0.15) is 18.4 Å². The Hall–Kier alpha value is -1.06. The average Bonchev–Trinajstić information content (AvgIpc) is 3.12. The smallest absolute Gasteiger partial charge is 0.160 e. The first-order valence-electron chi connectivity index (χ1n) is 5.73. The Bertz CT molecular complexity index is 332. The van der Waals surface area contributed by atoms with Crippen LogP contribution in [0.4, 0.5) is 5.69 Å². The molecule has 0 heterocycles. The van der Waals surface area contributed by atoms with E-state index in [1.807, 2.05) is 0 Å². The zero-order valence-electron chi connectivity index (χ0n) is 9.90. The maximum atomic E-state index is 5.23. The Morgan fingerprint density at radius 2 is 1.94 bits per heavy atom. The van der Waals surface area contributed by atoms with Crippen molar-refractivity contribution in [2.75, 3.05) is 19.5 Å². The molecule has 0 aromatic heterocycles. The summed E-state index contributed by atoms with van der Waals surface area (Å²) >= 11 is 0. The van der Waals surface area contributed by atoms with Crippen LogP contribution in [-0.2, 0) is 15.9 Å². The largest absolute Gasteiger partial charge is 0.382 e. The molecule has 1 fully saturated rings. The Kier molecular flexibility index (Phi) is 3.80. The summed E-state index contributed by atoms with van der Waals surface area (Å²) in [6.45, 7) is 0. The fourth-order valence-corrected chi connectivity index (χ4v) is 1.73. The van der Waals surface area contributed by atoms with Crippen molar-refractivity contribution < 1.29 is 9.47 Å². The lowest BCUT2D eigenvalue weighted by atomic mass is 10.1. The second kappa shape index (κ2) is 5.32. The Balaban J connectivity index is 2.05. The van der Waals surface area contributed by atoms with Crippen molar-refractivity contribution in [2.45, 2.75) is 31.6 Å². The molecule has 0 aliphatic heterocycles. The zero-order valence-corrected chi connectivity index (χ0v) is 9.90. The summed E-state index contributed by atoms with van der Waals surface area (Å²) in [5.74, 6) is 0. The molecule has 2 rings (SSSR count). The van der Waals surface area contributed by atoms with Gasteiger partial charge in [0.2, 0.25) is 0 Å². The first-order chi connectivity index (χ1) is 7.83. The number of ether oxygens (including phenoxy) is 2. The maximum absolute atomic E-state index is 5.23. The molecule has 88 valence electrons. The summed E-state index contributed by atoms with van der Waals surface area (Å²) in [5, 5.41) is 3.53. The predicted molar refractivity (Wildman–Crippen MR) is 64.6 cm³/mol. The van der Waals surface area contributed by atoms with Crippen LogP contribution in [0.15, 0.2) is 24.3 Å². The van der Waals surface area contributed by atoms with Crippen molar-refractivity contribution in [3.05, 3.63) is 29.8 Å². The summed E-state index contributed by atoms with van der Waals surface area (Å²) in [6.07, 6.45) is 3.18. The third-order valence-corrected chi connectivity index (χ3v) is 2.87. The quantitative estimate of drug-likeness (QED) is 0.748. The van der Waals surface area contributed by atoms with Gasteiger partial charge in [0, 0.05) is 32.4 Å². The van der Waals surface area contributed by atoms with Crippen molar-refractivity contribution in [3.8, 4) is 0 Å². The fourth-order valence-electron chi connectivity index (χ4n) is 1.73. The molecule has 0 unspecified atom stereocenters. The number of para-hydroxylation sites is 1. The number of nitrogens with one attached hydrogen (secondary N) is 1. The second-order valence-electron chi connectivity index (χ2n) is 4.18. The van der Waals surface area contributed by atoms with Crippen LogP contribution < -0.4 is 5.32 Å². The van der Waals surface area contributed by atoms with Gasteiger partial charge < -0.3 is 14.8 Å². The Labute approximate surface area is 96.8 Å². The highest BCUT2D eigenvalue weighted by molar-refractivity contribution is 5.52. The molecule has 0 spiro atoms. The summed E-state index contributed by atoms with van der Waals surface area (Å²) in [4.78, 5) is 0. The molecule has 1 aromatic rings. The lowest BCUT2D eigenvalue weighted by Gasteiger charge is -2.16. The van der Waals surface area contributed by atoms with Gasteiger partial charge >= 0.3 is 0 Å². The van der Waals surface area contributed by atoms with Crippen LogP contribution in [0, 0.1) is 0 Å². The lowest BCUT2D eigenvalue weighted by molar-refractivity contribution is -0.100. The van der Waals surface area contributed by atoms with Gasteiger partial charge in [-0.25, -0.2) is 0 Å². The standard InChI is InChI=1S/C13H19NO2/c1-15-13(16-2)9-10-5-3-4-6-12(10)14-11-7-8-11/h3-6,11,13-14H,7-9H2,1-2H3. The lowest BCUT2D eigenvalue weighted by Crippen LogP contribution is -2.17. The number of hydrogen-bond acceptors (Lipinski definition) is 3. The number of benzene rings is 1. The van der Waals surface area contributed by atoms with Crippen LogP contribution in [-0.4, -0.2) is 26.6 Å². The van der Waals surface area contributed by atoms with Gasteiger partial charge in [0.05, 0.1) is 0 Å². The maximum Gasteiger partial charge on any atom is 0.160 e. The van der Waals surface area contributed by atoms with Gasteiger partial charge in [0.25, 0.3) is 0 Å². The van der Waals surface area contributed by atoms with Crippen molar-refractivity contribution in [3.63, 3.8) is 0 Å². The molecule has 0 amide bonds. The first-order valence-corrected chi connectivity index (χ1v) is 5.73. The van der Waals surface area contributed by atoms with Gasteiger partial charge in [0.15, 0.2) is 6.29 Å². The van der Waals surface area contributed by atoms with Crippen molar-refractivity contribution in [2.24, 2.45) is 0 Å². The van der Waals surface area contributed by atoms with Crippen LogP contribution in [0.2, 0.25) is 0 Å². The van der Waals surface area contributed by atoms with Gasteiger partial charge in [-0.1, -0.05) is 18.2 Å². The third kappa shape index (κ3) is 2.97. The van der Waals surface area contributed by atoms with E-state index in [9.17, 15) is 0 Å². The molecular formula is C13H19NO2. The Morgan fingerprint density at radius 1 is 1.25 bits per heavy atom. The molecule has 0 atom stereocenters. The van der Waals surface area contributed by atoms with Crippen LogP contribution in [0.25, 0.3) is 0 Å². The average molecular weight is 221 g/mol. The van der Waals surface area contributed by atoms with Crippen LogP contribution in [0.3, 0.4) is 0 Å². The molecular weight excluding hydrogens is 202 g/mol. The highest BCUT2D eigenvalue weighted by atomic mass is 16.7. The van der Waals surface area contributed by atoms with E-state index >= 15 is 0 Å². The van der Waals surface area contributed by atoms with E-state index in [0.29, 0.717) is 6.04 Å². The number of anilines is 1. The van der Waals surface area contributed by atoms with Crippen LogP contribution in [0.5, 0.6) is 0 Å². The third-order valence-electron chi connectivity index (χ3n) is 2.87. The minimum absolute atomic E-state index is 0.165. The van der Waals surface area contributed by atoms with Gasteiger partial charge in [0.1, 0.15) is 0 Å². The topological polar surface area (TPSA) is 30.5 Å². The molecule has 0 radical (unpaired) electrons. The molecule has 1 aromatic carbocycles. The van der Waals surface area contributed by atoms with Gasteiger partial charge in [-0.15, -0.1) is 0 Å². The van der Waals surface area contributed by atoms with E-state index in [4.69, 9.17) is 9.47 Å². The molecule has 1 aliphatic rings. The van der Waals surface area contributed by atoms with E-state index in [-0.39, 0.29) is 6.29 Å².